The Balaban J connectivity index is 1.66. The van der Waals surface area contributed by atoms with E-state index < -0.39 is 18.5 Å². The number of aromatic carboxylic acids is 1. The van der Waals surface area contributed by atoms with Crippen molar-refractivity contribution in [2.24, 2.45) is 5.10 Å². The average molecular weight is 450 g/mol. The number of H-pyrrole nitrogens is 1. The van der Waals surface area contributed by atoms with Crippen molar-refractivity contribution in [1.82, 2.24) is 9.78 Å². The Morgan fingerprint density at radius 3 is 2.24 bits per heavy atom. The average Bonchev–Trinajstić information content (AvgIpc) is 3.24. The van der Waals surface area contributed by atoms with Crippen LogP contribution in [0.4, 0.5) is 5.69 Å². The predicted molar refractivity (Wildman–Crippen MR) is 121 cm³/mol. The summed E-state index contributed by atoms with van der Waals surface area (Å²) < 4.78 is 1.32. The second kappa shape index (κ2) is 8.51. The zero-order valence-electron chi connectivity index (χ0n) is 17.8. The molecule has 0 saturated heterocycles. The maximum absolute atomic E-state index is 13.1. The number of nitrogens with zero attached hydrogens (tertiary/aromatic N) is 3. The predicted octanol–water partition coefficient (Wildman–Crippen LogP) is 1.75. The summed E-state index contributed by atoms with van der Waals surface area (Å²) in [5.74, 6) is -1.05. The molecule has 1 aromatic heterocycles. The summed E-state index contributed by atoms with van der Waals surface area (Å²) in [7, 11) is 0. The molecule has 1 aliphatic rings. The molecule has 0 saturated carbocycles. The van der Waals surface area contributed by atoms with Gasteiger partial charge >= 0.3 is 5.97 Å². The number of aliphatic hydroxyl groups is 3. The van der Waals surface area contributed by atoms with E-state index in [0.717, 1.165) is 0 Å². The number of carboxylic acids is 1. The molecule has 0 amide bonds. The quantitative estimate of drug-likeness (QED) is 0.372. The number of hydrogen-bond acceptors (Lipinski definition) is 7. The number of nitrogens with one attached hydrogen (secondary N) is 1. The fraction of sp³-hybridized carbons (Fsp3) is 0.174. The van der Waals surface area contributed by atoms with Crippen LogP contribution in [0.1, 0.15) is 40.4 Å². The lowest BCUT2D eigenvalue weighted by Crippen LogP contribution is -2.27. The molecule has 170 valence electrons. The summed E-state index contributed by atoms with van der Waals surface area (Å²) >= 11 is 0. The van der Waals surface area contributed by atoms with Gasteiger partial charge in [0, 0.05) is 16.8 Å². The van der Waals surface area contributed by atoms with Gasteiger partial charge in [-0.1, -0.05) is 12.1 Å². The molecule has 3 aromatic rings. The molecule has 0 aliphatic carbocycles. The van der Waals surface area contributed by atoms with Crippen molar-refractivity contribution >= 4 is 23.4 Å². The Morgan fingerprint density at radius 2 is 1.67 bits per heavy atom. The number of benzene rings is 2. The first kappa shape index (κ1) is 22.2. The molecule has 0 bridgehead atoms. The standard InChI is InChI=1S/C23H22N4O6/c1-12-18(20(28)26(24-12)16-7-3-14(4-8-16)22(30)31)11-19-13(2)25-27(21(19)29)17-9-5-15(6-10-17)23(32)33/h3-11,20,23,25,28,32-33H,1-2H3,(H,30,31). The van der Waals surface area contributed by atoms with Gasteiger partial charge in [-0.05, 0) is 56.3 Å². The molecule has 1 aliphatic heterocycles. The normalized spacial score (nSPS) is 17.2. The van der Waals surface area contributed by atoms with Gasteiger partial charge in [0.25, 0.3) is 5.56 Å². The lowest BCUT2D eigenvalue weighted by molar-refractivity contribution is -0.0424. The molecule has 0 radical (unpaired) electrons. The molecular formula is C23H22N4O6. The van der Waals surface area contributed by atoms with Crippen molar-refractivity contribution in [2.75, 3.05) is 5.01 Å². The molecule has 33 heavy (non-hydrogen) atoms. The smallest absolute Gasteiger partial charge is 0.335 e. The van der Waals surface area contributed by atoms with Crippen LogP contribution in [-0.2, 0) is 0 Å². The van der Waals surface area contributed by atoms with Crippen LogP contribution in [-0.4, -0.2) is 48.1 Å². The maximum atomic E-state index is 13.1. The van der Waals surface area contributed by atoms with E-state index in [0.29, 0.717) is 39.5 Å². The van der Waals surface area contributed by atoms with Crippen molar-refractivity contribution in [1.29, 1.82) is 0 Å². The summed E-state index contributed by atoms with van der Waals surface area (Å²) in [6.45, 7) is 3.44. The second-order valence-corrected chi connectivity index (χ2v) is 7.61. The van der Waals surface area contributed by atoms with Crippen LogP contribution < -0.4 is 10.6 Å². The third-order valence-electron chi connectivity index (χ3n) is 5.43. The summed E-state index contributed by atoms with van der Waals surface area (Å²) in [5.41, 5.74) is 2.95. The molecule has 0 spiro atoms. The SMILES string of the molecule is CC1=NN(c2ccc(C(=O)O)cc2)C(O)C1=Cc1c(C)[nH]n(-c2ccc(C(O)O)cc2)c1=O. The summed E-state index contributed by atoms with van der Waals surface area (Å²) in [6.07, 6.45) is -1.19. The fourth-order valence-corrected chi connectivity index (χ4v) is 3.59. The molecule has 1 unspecified atom stereocenters. The van der Waals surface area contributed by atoms with Crippen LogP contribution in [0, 0.1) is 6.92 Å². The number of carboxylic acid groups (broad SMARTS) is 1. The van der Waals surface area contributed by atoms with Crippen molar-refractivity contribution < 1.29 is 25.2 Å². The van der Waals surface area contributed by atoms with Crippen LogP contribution >= 0.6 is 0 Å². The highest BCUT2D eigenvalue weighted by Gasteiger charge is 2.30. The van der Waals surface area contributed by atoms with Crippen LogP contribution in [0.5, 0.6) is 0 Å². The summed E-state index contributed by atoms with van der Waals surface area (Å²) in [4.78, 5) is 24.1. The number of aliphatic hydroxyl groups excluding tert-OH is 2. The van der Waals surface area contributed by atoms with Crippen LogP contribution in [0.15, 0.2) is 64.0 Å². The van der Waals surface area contributed by atoms with E-state index in [1.54, 1.807) is 44.2 Å². The lowest BCUT2D eigenvalue weighted by Gasteiger charge is -2.19. The van der Waals surface area contributed by atoms with Gasteiger partial charge in [-0.3, -0.25) is 9.89 Å². The number of hydrogen-bond donors (Lipinski definition) is 5. The summed E-state index contributed by atoms with van der Waals surface area (Å²) in [6, 6.07) is 12.1. The molecule has 1 atom stereocenters. The lowest BCUT2D eigenvalue weighted by atomic mass is 10.1. The highest BCUT2D eigenvalue weighted by Crippen LogP contribution is 2.28. The van der Waals surface area contributed by atoms with Gasteiger partial charge in [0.15, 0.2) is 12.5 Å². The van der Waals surface area contributed by atoms with Gasteiger partial charge in [-0.25, -0.2) is 14.5 Å². The van der Waals surface area contributed by atoms with E-state index in [1.807, 2.05) is 0 Å². The van der Waals surface area contributed by atoms with E-state index in [9.17, 15) is 24.9 Å². The van der Waals surface area contributed by atoms with Gasteiger partial charge in [0.1, 0.15) is 0 Å². The van der Waals surface area contributed by atoms with Gasteiger partial charge in [0.2, 0.25) is 0 Å². The molecule has 5 N–H and O–H groups in total. The zero-order chi connectivity index (χ0) is 23.9. The minimum Gasteiger partial charge on any atom is -0.478 e. The molecule has 10 heteroatoms. The first-order valence-electron chi connectivity index (χ1n) is 10.0. The third kappa shape index (κ3) is 4.10. The monoisotopic (exact) mass is 450 g/mol. The van der Waals surface area contributed by atoms with Gasteiger partial charge in [-0.2, -0.15) is 5.10 Å². The van der Waals surface area contributed by atoms with E-state index in [-0.39, 0.29) is 11.1 Å². The Kier molecular flexibility index (Phi) is 5.73. The number of carbonyl (C=O) groups is 1. The third-order valence-corrected chi connectivity index (χ3v) is 5.43. The van der Waals surface area contributed by atoms with Crippen LogP contribution in [0.25, 0.3) is 11.8 Å². The largest absolute Gasteiger partial charge is 0.478 e. The second-order valence-electron chi connectivity index (χ2n) is 7.61. The minimum atomic E-state index is -1.60. The van der Waals surface area contributed by atoms with E-state index in [1.165, 1.54) is 34.0 Å². The number of hydrazone groups is 1. The Labute approximate surface area is 188 Å². The van der Waals surface area contributed by atoms with Crippen LogP contribution in [0.2, 0.25) is 0 Å². The van der Waals surface area contributed by atoms with Gasteiger partial charge in [0.05, 0.1) is 28.2 Å². The van der Waals surface area contributed by atoms with E-state index >= 15 is 0 Å². The zero-order valence-corrected chi connectivity index (χ0v) is 17.8. The van der Waals surface area contributed by atoms with Crippen molar-refractivity contribution in [3.8, 4) is 5.69 Å². The molecule has 2 heterocycles. The summed E-state index contributed by atoms with van der Waals surface area (Å²) in [5, 5.41) is 47.1. The molecule has 0 fully saturated rings. The number of rotatable bonds is 5. The number of anilines is 1. The molecule has 2 aromatic carbocycles. The van der Waals surface area contributed by atoms with Gasteiger partial charge < -0.3 is 20.4 Å². The topological polar surface area (TPSA) is 151 Å². The molecule has 4 rings (SSSR count). The van der Waals surface area contributed by atoms with Crippen molar-refractivity contribution in [3.63, 3.8) is 0 Å². The number of aromatic amines is 1. The van der Waals surface area contributed by atoms with Gasteiger partial charge in [-0.15, -0.1) is 0 Å². The first-order chi connectivity index (χ1) is 15.7. The molecular weight excluding hydrogens is 428 g/mol. The Morgan fingerprint density at radius 1 is 1.06 bits per heavy atom. The number of aromatic nitrogens is 2. The fourth-order valence-electron chi connectivity index (χ4n) is 3.59. The Bertz CT molecular complexity index is 1320. The number of aryl methyl sites for hydroxylation is 1. The van der Waals surface area contributed by atoms with E-state index in [4.69, 9.17) is 5.11 Å². The highest BCUT2D eigenvalue weighted by atomic mass is 16.5. The van der Waals surface area contributed by atoms with E-state index in [2.05, 4.69) is 10.2 Å². The van der Waals surface area contributed by atoms with Crippen LogP contribution in [0.3, 0.4) is 0 Å². The van der Waals surface area contributed by atoms with Crippen molar-refractivity contribution in [2.45, 2.75) is 26.4 Å². The molecule has 10 nitrogen and oxygen atoms in total. The highest BCUT2D eigenvalue weighted by molar-refractivity contribution is 6.06. The maximum Gasteiger partial charge on any atom is 0.335 e. The first-order valence-corrected chi connectivity index (χ1v) is 10.0. The Hall–Kier alpha value is -3.99. The minimum absolute atomic E-state index is 0.119. The van der Waals surface area contributed by atoms with Crippen molar-refractivity contribution in [3.05, 3.63) is 86.8 Å².